The first-order valence-corrected chi connectivity index (χ1v) is 7.28. The summed E-state index contributed by atoms with van der Waals surface area (Å²) in [7, 11) is -2.30. The average molecular weight is 257 g/mol. The van der Waals surface area contributed by atoms with E-state index in [0.29, 0.717) is 11.5 Å². The second-order valence-corrected chi connectivity index (χ2v) is 6.57. The van der Waals surface area contributed by atoms with Crippen LogP contribution in [-0.4, -0.2) is 10.3 Å². The van der Waals surface area contributed by atoms with E-state index in [-0.39, 0.29) is 5.75 Å². The molecular weight excluding hydrogens is 246 g/mol. The summed E-state index contributed by atoms with van der Waals surface area (Å²) in [4.78, 5) is 1.45. The summed E-state index contributed by atoms with van der Waals surface area (Å²) in [5.74, 6) is 1.37. The van der Waals surface area contributed by atoms with Crippen molar-refractivity contribution in [3.8, 4) is 17.6 Å². The maximum absolute atomic E-state index is 11.0. The van der Waals surface area contributed by atoms with E-state index in [1.54, 1.807) is 0 Å². The van der Waals surface area contributed by atoms with E-state index >= 15 is 0 Å². The lowest BCUT2D eigenvalue weighted by atomic mass is 10.3. The van der Waals surface area contributed by atoms with Gasteiger partial charge in [0.15, 0.2) is 0 Å². The van der Waals surface area contributed by atoms with Crippen molar-refractivity contribution in [1.82, 2.24) is 0 Å². The van der Waals surface area contributed by atoms with Gasteiger partial charge in [-0.05, 0) is 24.3 Å². The Balaban J connectivity index is 2.28. The maximum Gasteiger partial charge on any atom is 0.141 e. The maximum atomic E-state index is 11.0. The van der Waals surface area contributed by atoms with Gasteiger partial charge in [0.2, 0.25) is 0 Å². The first-order valence-electron chi connectivity index (χ1n) is 5.52. The minimum absolute atomic E-state index is 0.0877. The van der Waals surface area contributed by atoms with Gasteiger partial charge in [0.25, 0.3) is 0 Å². The molecule has 0 bridgehead atoms. The molecule has 4 heteroatoms. The van der Waals surface area contributed by atoms with Crippen molar-refractivity contribution in [2.75, 3.05) is 5.75 Å². The summed E-state index contributed by atoms with van der Waals surface area (Å²) in [6.45, 7) is 0. The molecule has 0 fully saturated rings. The van der Waals surface area contributed by atoms with E-state index in [9.17, 15) is 4.55 Å². The Kier molecular flexibility index (Phi) is 2.51. The topological polar surface area (TPSA) is 53.2 Å². The monoisotopic (exact) mass is 257 g/mol. The number of hydrogen-bond acceptors (Lipinski definition) is 3. The normalized spacial score (nSPS) is 16.7. The van der Waals surface area contributed by atoms with E-state index in [1.165, 1.54) is 0 Å². The van der Waals surface area contributed by atoms with Crippen molar-refractivity contribution in [2.45, 2.75) is 9.79 Å². The van der Waals surface area contributed by atoms with Crippen LogP contribution < -0.4 is 4.74 Å². The molecule has 0 saturated carbocycles. The van der Waals surface area contributed by atoms with E-state index in [1.807, 2.05) is 48.5 Å². The van der Waals surface area contributed by atoms with Crippen LogP contribution in [-0.2, 0) is 0 Å². The highest BCUT2D eigenvalue weighted by Gasteiger charge is 2.35. The molecule has 0 spiro atoms. The first-order chi connectivity index (χ1) is 8.75. The highest BCUT2D eigenvalue weighted by Crippen LogP contribution is 2.67. The molecule has 3 nitrogen and oxygen atoms in total. The first kappa shape index (κ1) is 11.1. The van der Waals surface area contributed by atoms with Crippen molar-refractivity contribution in [3.05, 3.63) is 48.5 Å². The molecule has 0 aromatic heterocycles. The van der Waals surface area contributed by atoms with Gasteiger partial charge in [-0.3, -0.25) is 0 Å². The number of rotatable bonds is 1. The highest BCUT2D eigenvalue weighted by atomic mass is 32.3. The van der Waals surface area contributed by atoms with Crippen LogP contribution in [0, 0.1) is 11.3 Å². The predicted molar refractivity (Wildman–Crippen MR) is 70.2 cm³/mol. The smallest absolute Gasteiger partial charge is 0.141 e. The van der Waals surface area contributed by atoms with Crippen LogP contribution in [0.3, 0.4) is 0 Å². The highest BCUT2D eigenvalue weighted by molar-refractivity contribution is 8.29. The number of hydrogen-bond donors (Lipinski definition) is 1. The van der Waals surface area contributed by atoms with Gasteiger partial charge < -0.3 is 9.29 Å². The van der Waals surface area contributed by atoms with Crippen LogP contribution in [0.25, 0.3) is 0 Å². The zero-order valence-corrected chi connectivity index (χ0v) is 10.4. The van der Waals surface area contributed by atoms with Gasteiger partial charge in [0.05, 0.1) is 21.6 Å². The van der Waals surface area contributed by atoms with E-state index in [0.717, 1.165) is 9.79 Å². The Bertz CT molecular complexity index is 603. The van der Waals surface area contributed by atoms with Crippen LogP contribution in [0.5, 0.6) is 11.5 Å². The Morgan fingerprint density at radius 1 is 1.00 bits per heavy atom. The standard InChI is InChI=1S/C14H11NO2S/c15-9-10-18(16)13-7-3-1-5-11(13)17-12-6-2-4-8-14(12)18/h1-8,16H,10H2. The molecule has 0 atom stereocenters. The average Bonchev–Trinajstić information content (AvgIpc) is 2.40. The molecule has 3 rings (SSSR count). The molecule has 18 heavy (non-hydrogen) atoms. The zero-order valence-electron chi connectivity index (χ0n) is 9.54. The molecular formula is C14H11NO2S. The molecule has 1 heterocycles. The number of nitriles is 1. The fourth-order valence-electron chi connectivity index (χ4n) is 2.11. The van der Waals surface area contributed by atoms with Crippen LogP contribution in [0.1, 0.15) is 0 Å². The van der Waals surface area contributed by atoms with Crippen LogP contribution >= 0.6 is 10.3 Å². The number of nitrogens with zero attached hydrogens (tertiary/aromatic N) is 1. The van der Waals surface area contributed by atoms with Gasteiger partial charge >= 0.3 is 0 Å². The number of benzene rings is 2. The lowest BCUT2D eigenvalue weighted by Gasteiger charge is -2.38. The number of fused-ring (bicyclic) bond motifs is 2. The Labute approximate surface area is 107 Å². The molecule has 90 valence electrons. The van der Waals surface area contributed by atoms with Crippen LogP contribution in [0.15, 0.2) is 58.3 Å². The Morgan fingerprint density at radius 3 is 2.00 bits per heavy atom. The summed E-state index contributed by atoms with van der Waals surface area (Å²) < 4.78 is 16.7. The van der Waals surface area contributed by atoms with Gasteiger partial charge in [-0.15, -0.1) is 0 Å². The van der Waals surface area contributed by atoms with Gasteiger partial charge in [0.1, 0.15) is 11.5 Å². The second kappa shape index (κ2) is 4.05. The van der Waals surface area contributed by atoms with Crippen LogP contribution in [0.2, 0.25) is 0 Å². The predicted octanol–water partition coefficient (Wildman–Crippen LogP) is 4.01. The summed E-state index contributed by atoms with van der Waals surface area (Å²) in [5.41, 5.74) is 0. The van der Waals surface area contributed by atoms with Crippen molar-refractivity contribution < 1.29 is 9.29 Å². The fourth-order valence-corrected chi connectivity index (χ4v) is 4.34. The minimum Gasteiger partial charge on any atom is -0.455 e. The molecule has 0 radical (unpaired) electrons. The second-order valence-electron chi connectivity index (χ2n) is 4.00. The summed E-state index contributed by atoms with van der Waals surface area (Å²) in [6.07, 6.45) is 0. The Morgan fingerprint density at radius 2 is 1.50 bits per heavy atom. The van der Waals surface area contributed by atoms with E-state index in [4.69, 9.17) is 10.00 Å². The van der Waals surface area contributed by atoms with Crippen molar-refractivity contribution in [3.63, 3.8) is 0 Å². The molecule has 0 saturated heterocycles. The van der Waals surface area contributed by atoms with Crippen molar-refractivity contribution in [1.29, 1.82) is 5.26 Å². The molecule has 0 aliphatic carbocycles. The summed E-state index contributed by atoms with van der Waals surface area (Å²) in [6, 6.07) is 16.8. The molecule has 1 N–H and O–H groups in total. The lowest BCUT2D eigenvalue weighted by Crippen LogP contribution is -2.11. The summed E-state index contributed by atoms with van der Waals surface area (Å²) in [5, 5.41) is 9.00. The van der Waals surface area contributed by atoms with Crippen molar-refractivity contribution in [2.24, 2.45) is 0 Å². The fraction of sp³-hybridized carbons (Fsp3) is 0.0714. The van der Waals surface area contributed by atoms with Gasteiger partial charge in [0, 0.05) is 0 Å². The molecule has 1 aliphatic heterocycles. The number of ether oxygens (including phenoxy) is 1. The van der Waals surface area contributed by atoms with Gasteiger partial charge in [-0.1, -0.05) is 34.6 Å². The Hall–Kier alpha value is -1.96. The lowest BCUT2D eigenvalue weighted by molar-refractivity contribution is 0.443. The third-order valence-corrected chi connectivity index (χ3v) is 5.60. The van der Waals surface area contributed by atoms with Crippen molar-refractivity contribution >= 4 is 10.3 Å². The molecule has 0 unspecified atom stereocenters. The zero-order chi connectivity index (χ0) is 12.6. The quantitative estimate of drug-likeness (QED) is 0.839. The molecule has 2 aromatic carbocycles. The molecule has 1 aliphatic rings. The van der Waals surface area contributed by atoms with Gasteiger partial charge in [-0.25, -0.2) is 0 Å². The van der Waals surface area contributed by atoms with Crippen LogP contribution in [0.4, 0.5) is 0 Å². The SMILES string of the molecule is N#CCS1(O)c2ccccc2Oc2ccccc21. The largest absolute Gasteiger partial charge is 0.455 e. The van der Waals surface area contributed by atoms with E-state index < -0.39 is 10.3 Å². The van der Waals surface area contributed by atoms with E-state index in [2.05, 4.69) is 6.07 Å². The third kappa shape index (κ3) is 1.49. The number of para-hydroxylation sites is 2. The minimum atomic E-state index is -2.30. The summed E-state index contributed by atoms with van der Waals surface area (Å²) >= 11 is 0. The molecule has 0 amide bonds. The molecule has 2 aromatic rings. The third-order valence-electron chi connectivity index (χ3n) is 2.92. The van der Waals surface area contributed by atoms with Gasteiger partial charge in [-0.2, -0.15) is 5.26 Å².